The molecule has 3 N–H and O–H groups in total. The minimum absolute atomic E-state index is 0.0367. The lowest BCUT2D eigenvalue weighted by Gasteiger charge is -2.09. The predicted molar refractivity (Wildman–Crippen MR) is 111 cm³/mol. The number of amides is 2. The molecule has 28 heavy (non-hydrogen) atoms. The summed E-state index contributed by atoms with van der Waals surface area (Å²) in [7, 11) is 1.59. The Balaban J connectivity index is 1.39. The summed E-state index contributed by atoms with van der Waals surface area (Å²) in [5.74, 6) is 0.366. The van der Waals surface area contributed by atoms with Crippen molar-refractivity contribution in [3.8, 4) is 5.75 Å². The van der Waals surface area contributed by atoms with E-state index in [4.69, 9.17) is 17.0 Å². The summed E-state index contributed by atoms with van der Waals surface area (Å²) in [6.45, 7) is 0. The normalized spacial score (nSPS) is 17.6. The van der Waals surface area contributed by atoms with Crippen molar-refractivity contribution in [2.45, 2.75) is 12.3 Å². The lowest BCUT2D eigenvalue weighted by atomic mass is 10.1. The summed E-state index contributed by atoms with van der Waals surface area (Å²) in [4.78, 5) is 24.1. The molecule has 2 aromatic carbocycles. The van der Waals surface area contributed by atoms with Gasteiger partial charge in [-0.15, -0.1) is 0 Å². The van der Waals surface area contributed by atoms with Crippen LogP contribution in [0.25, 0.3) is 6.08 Å². The number of hydrogen-bond donors (Lipinski definition) is 3. The number of benzene rings is 2. The molecule has 1 aliphatic rings. The number of hydrogen-bond acceptors (Lipinski definition) is 4. The van der Waals surface area contributed by atoms with Crippen molar-refractivity contribution in [3.63, 3.8) is 0 Å². The molecule has 2 aromatic rings. The van der Waals surface area contributed by atoms with Gasteiger partial charge in [-0.1, -0.05) is 42.5 Å². The van der Waals surface area contributed by atoms with E-state index < -0.39 is 5.91 Å². The van der Waals surface area contributed by atoms with E-state index in [2.05, 4.69) is 16.2 Å². The van der Waals surface area contributed by atoms with Gasteiger partial charge in [0.2, 0.25) is 11.8 Å². The van der Waals surface area contributed by atoms with E-state index in [1.165, 1.54) is 6.08 Å². The van der Waals surface area contributed by atoms with Crippen LogP contribution < -0.4 is 20.9 Å². The van der Waals surface area contributed by atoms with Crippen molar-refractivity contribution in [2.24, 2.45) is 5.92 Å². The number of methoxy groups -OCH3 is 1. The van der Waals surface area contributed by atoms with Crippen molar-refractivity contribution in [1.29, 1.82) is 0 Å². The first-order valence-electron chi connectivity index (χ1n) is 8.84. The molecule has 2 atom stereocenters. The average Bonchev–Trinajstić information content (AvgIpc) is 3.52. The Bertz CT molecular complexity index is 882. The maximum absolute atomic E-state index is 12.2. The van der Waals surface area contributed by atoms with E-state index in [1.807, 2.05) is 42.5 Å². The number of ether oxygens (including phenoxy) is 1. The summed E-state index contributed by atoms with van der Waals surface area (Å²) in [6.07, 6.45) is 3.83. The molecular weight excluding hydrogens is 374 g/mol. The Labute approximate surface area is 168 Å². The van der Waals surface area contributed by atoms with Gasteiger partial charge in [-0.2, -0.15) is 0 Å². The minimum Gasteiger partial charge on any atom is -0.497 e. The van der Waals surface area contributed by atoms with Crippen molar-refractivity contribution < 1.29 is 14.3 Å². The molecule has 3 rings (SSSR count). The molecule has 0 bridgehead atoms. The van der Waals surface area contributed by atoms with Gasteiger partial charge in [0.05, 0.1) is 7.11 Å². The van der Waals surface area contributed by atoms with E-state index in [1.54, 1.807) is 25.3 Å². The maximum atomic E-state index is 12.2. The average molecular weight is 395 g/mol. The van der Waals surface area contributed by atoms with Crippen molar-refractivity contribution in [2.75, 3.05) is 7.11 Å². The predicted octanol–water partition coefficient (Wildman–Crippen LogP) is 2.53. The molecule has 7 heteroatoms. The van der Waals surface area contributed by atoms with Crippen LogP contribution in [0.15, 0.2) is 60.7 Å². The van der Waals surface area contributed by atoms with Crippen molar-refractivity contribution >= 4 is 35.2 Å². The van der Waals surface area contributed by atoms with Crippen LogP contribution in [0.5, 0.6) is 5.75 Å². The van der Waals surface area contributed by atoms with Crippen LogP contribution in [0.3, 0.4) is 0 Å². The number of nitrogens with one attached hydrogen (secondary N) is 3. The van der Waals surface area contributed by atoms with Crippen LogP contribution in [0.1, 0.15) is 23.5 Å². The van der Waals surface area contributed by atoms with E-state index in [0.29, 0.717) is 0 Å². The third kappa shape index (κ3) is 5.40. The molecule has 0 saturated heterocycles. The molecule has 1 aliphatic carbocycles. The molecule has 2 amide bonds. The summed E-state index contributed by atoms with van der Waals surface area (Å²) < 4.78 is 5.08. The smallest absolute Gasteiger partial charge is 0.250 e. The number of hydrazine groups is 1. The topological polar surface area (TPSA) is 79.5 Å². The minimum atomic E-state index is -0.392. The van der Waals surface area contributed by atoms with E-state index in [-0.39, 0.29) is 22.9 Å². The number of rotatable bonds is 5. The standard InChI is InChI=1S/C21H21N3O3S/c1-27-16-10-7-14(8-11-16)9-12-19(25)22-21(28)24-23-20(26)18-13-17(18)15-5-3-2-4-6-15/h2-12,17-18H,13H2,1H3,(H,23,26)(H2,22,24,25,28)/b12-9+/t17-,18+/m1/s1. The van der Waals surface area contributed by atoms with Gasteiger partial charge < -0.3 is 4.74 Å². The quantitative estimate of drug-likeness (QED) is 0.412. The van der Waals surface area contributed by atoms with Crippen molar-refractivity contribution in [3.05, 3.63) is 71.8 Å². The first-order chi connectivity index (χ1) is 13.6. The summed E-state index contributed by atoms with van der Waals surface area (Å²) in [5.41, 5.74) is 7.13. The van der Waals surface area contributed by atoms with Crippen LogP contribution >= 0.6 is 12.2 Å². The SMILES string of the molecule is COc1ccc(/C=C/C(=O)NC(=S)NNC(=O)[C@H]2C[C@@H]2c2ccccc2)cc1. The molecule has 0 heterocycles. The van der Waals surface area contributed by atoms with Gasteiger partial charge in [-0.25, -0.2) is 0 Å². The largest absolute Gasteiger partial charge is 0.497 e. The lowest BCUT2D eigenvalue weighted by Crippen LogP contribution is -2.48. The first-order valence-corrected chi connectivity index (χ1v) is 9.25. The van der Waals surface area contributed by atoms with Crippen LogP contribution in [-0.2, 0) is 9.59 Å². The highest BCUT2D eigenvalue weighted by Crippen LogP contribution is 2.47. The second-order valence-electron chi connectivity index (χ2n) is 6.40. The zero-order valence-corrected chi connectivity index (χ0v) is 16.2. The molecule has 144 valence electrons. The van der Waals surface area contributed by atoms with E-state index >= 15 is 0 Å². The van der Waals surface area contributed by atoms with Gasteiger partial charge in [0.1, 0.15) is 5.75 Å². The van der Waals surface area contributed by atoms with E-state index in [0.717, 1.165) is 23.3 Å². The van der Waals surface area contributed by atoms with Gasteiger partial charge >= 0.3 is 0 Å². The highest BCUT2D eigenvalue weighted by molar-refractivity contribution is 7.80. The Morgan fingerprint density at radius 3 is 2.46 bits per heavy atom. The number of carbonyl (C=O) groups excluding carboxylic acids is 2. The molecule has 1 saturated carbocycles. The third-order valence-corrected chi connectivity index (χ3v) is 4.64. The molecule has 1 fully saturated rings. The Hall–Kier alpha value is -3.19. The molecule has 0 unspecified atom stereocenters. The Kier molecular flexibility index (Phi) is 6.39. The third-order valence-electron chi connectivity index (χ3n) is 4.43. The number of carbonyl (C=O) groups is 2. The van der Waals surface area contributed by atoms with Gasteiger partial charge in [0.15, 0.2) is 5.11 Å². The Morgan fingerprint density at radius 2 is 1.79 bits per heavy atom. The van der Waals surface area contributed by atoms with Gasteiger partial charge in [-0.05, 0) is 53.9 Å². The summed E-state index contributed by atoms with van der Waals surface area (Å²) >= 11 is 5.03. The zero-order valence-electron chi connectivity index (χ0n) is 15.3. The molecule has 0 spiro atoms. The fourth-order valence-electron chi connectivity index (χ4n) is 2.84. The first kappa shape index (κ1) is 19.6. The highest BCUT2D eigenvalue weighted by Gasteiger charge is 2.43. The summed E-state index contributed by atoms with van der Waals surface area (Å²) in [6, 6.07) is 17.2. The van der Waals surface area contributed by atoms with Crippen LogP contribution in [-0.4, -0.2) is 24.0 Å². The molecule has 0 aliphatic heterocycles. The zero-order chi connectivity index (χ0) is 19.9. The van der Waals surface area contributed by atoms with Crippen LogP contribution in [0.4, 0.5) is 0 Å². The fraction of sp³-hybridized carbons (Fsp3) is 0.190. The number of thiocarbonyl (C=S) groups is 1. The summed E-state index contributed by atoms with van der Waals surface area (Å²) in [5, 5.41) is 2.52. The Morgan fingerprint density at radius 1 is 1.07 bits per heavy atom. The van der Waals surface area contributed by atoms with Crippen LogP contribution in [0, 0.1) is 5.92 Å². The molecule has 0 radical (unpaired) electrons. The van der Waals surface area contributed by atoms with Crippen molar-refractivity contribution in [1.82, 2.24) is 16.2 Å². The highest BCUT2D eigenvalue weighted by atomic mass is 32.1. The van der Waals surface area contributed by atoms with Gasteiger partial charge in [0, 0.05) is 12.0 Å². The molecule has 0 aromatic heterocycles. The molecule has 6 nitrogen and oxygen atoms in total. The molecular formula is C21H21N3O3S. The van der Waals surface area contributed by atoms with E-state index in [9.17, 15) is 9.59 Å². The van der Waals surface area contributed by atoms with Gasteiger partial charge in [-0.3, -0.25) is 25.8 Å². The monoisotopic (exact) mass is 395 g/mol. The fourth-order valence-corrected chi connectivity index (χ4v) is 2.99. The van der Waals surface area contributed by atoms with Crippen LogP contribution in [0.2, 0.25) is 0 Å². The lowest BCUT2D eigenvalue weighted by molar-refractivity contribution is -0.123. The van der Waals surface area contributed by atoms with Gasteiger partial charge in [0.25, 0.3) is 0 Å². The second kappa shape index (κ2) is 9.14. The maximum Gasteiger partial charge on any atom is 0.250 e. The second-order valence-corrected chi connectivity index (χ2v) is 6.81.